The van der Waals surface area contributed by atoms with E-state index in [2.05, 4.69) is 27.2 Å². The Morgan fingerprint density at radius 1 is 1.89 bits per heavy atom. The first-order chi connectivity index (χ1) is 4.34. The van der Waals surface area contributed by atoms with Crippen molar-refractivity contribution in [1.82, 2.24) is 0 Å². The van der Waals surface area contributed by atoms with Crippen LogP contribution in [0.1, 0.15) is 6.42 Å². The lowest BCUT2D eigenvalue weighted by molar-refractivity contribution is 0.174. The Morgan fingerprint density at radius 2 is 2.67 bits per heavy atom. The standard InChI is InChI=1S/C4H7N3OS/c5-4(7-9)3-1-2-8-6-3/h9H,1-2H2,(H2,5,7). The molecule has 1 aliphatic rings. The second-order valence-electron chi connectivity index (χ2n) is 1.61. The molecule has 0 aromatic heterocycles. The number of thiol groups is 1. The van der Waals surface area contributed by atoms with Crippen LogP contribution in [0.3, 0.4) is 0 Å². The fourth-order valence-corrected chi connectivity index (χ4v) is 0.660. The molecule has 1 aliphatic heterocycles. The maximum absolute atomic E-state index is 5.34. The van der Waals surface area contributed by atoms with Crippen molar-refractivity contribution >= 4 is 24.4 Å². The van der Waals surface area contributed by atoms with Gasteiger partial charge in [0.15, 0.2) is 5.84 Å². The van der Waals surface area contributed by atoms with E-state index in [1.807, 2.05) is 0 Å². The van der Waals surface area contributed by atoms with Gasteiger partial charge in [0.05, 0.1) is 0 Å². The molecule has 0 radical (unpaired) electrons. The van der Waals surface area contributed by atoms with E-state index in [1.165, 1.54) is 0 Å². The number of oxime groups is 1. The fourth-order valence-electron chi connectivity index (χ4n) is 0.544. The molecular weight excluding hydrogens is 138 g/mol. The maximum atomic E-state index is 5.34. The van der Waals surface area contributed by atoms with E-state index in [0.717, 1.165) is 6.42 Å². The van der Waals surface area contributed by atoms with Gasteiger partial charge in [-0.25, -0.2) is 4.40 Å². The molecule has 0 spiro atoms. The maximum Gasteiger partial charge on any atom is 0.156 e. The zero-order chi connectivity index (χ0) is 6.69. The van der Waals surface area contributed by atoms with Gasteiger partial charge in [-0.15, -0.1) is 0 Å². The van der Waals surface area contributed by atoms with Crippen molar-refractivity contribution < 1.29 is 4.84 Å². The normalized spacial score (nSPS) is 19.2. The Balaban J connectivity index is 2.61. The van der Waals surface area contributed by atoms with Crippen LogP contribution >= 0.6 is 12.8 Å². The molecule has 9 heavy (non-hydrogen) atoms. The van der Waals surface area contributed by atoms with Crippen LogP contribution in [0.25, 0.3) is 0 Å². The molecule has 0 bridgehead atoms. The smallest absolute Gasteiger partial charge is 0.156 e. The Hall–Kier alpha value is -0.710. The summed E-state index contributed by atoms with van der Waals surface area (Å²) in [4.78, 5) is 4.67. The summed E-state index contributed by atoms with van der Waals surface area (Å²) in [5.41, 5.74) is 6.03. The monoisotopic (exact) mass is 145 g/mol. The van der Waals surface area contributed by atoms with Crippen LogP contribution in [0, 0.1) is 0 Å². The zero-order valence-electron chi connectivity index (χ0n) is 4.74. The highest BCUT2D eigenvalue weighted by molar-refractivity contribution is 7.79. The van der Waals surface area contributed by atoms with Gasteiger partial charge in [-0.05, 0) is 12.8 Å². The predicted octanol–water partition coefficient (Wildman–Crippen LogP) is -0.0353. The molecular formula is C4H7N3OS. The van der Waals surface area contributed by atoms with Crippen LogP contribution in [-0.2, 0) is 4.84 Å². The molecule has 0 aromatic carbocycles. The third-order valence-corrected chi connectivity index (χ3v) is 1.22. The Bertz CT molecular complexity index is 165. The van der Waals surface area contributed by atoms with E-state index in [1.54, 1.807) is 0 Å². The van der Waals surface area contributed by atoms with Crippen LogP contribution < -0.4 is 5.73 Å². The highest BCUT2D eigenvalue weighted by atomic mass is 32.1. The SMILES string of the molecule is N/C(=N\S)C1=NOCC1. The van der Waals surface area contributed by atoms with Gasteiger partial charge < -0.3 is 10.6 Å². The summed E-state index contributed by atoms with van der Waals surface area (Å²) >= 11 is 3.62. The van der Waals surface area contributed by atoms with Gasteiger partial charge in [0.2, 0.25) is 0 Å². The minimum Gasteiger partial charge on any atom is -0.395 e. The number of hydrogen-bond acceptors (Lipinski definition) is 4. The van der Waals surface area contributed by atoms with Crippen LogP contribution in [0.15, 0.2) is 9.55 Å². The largest absolute Gasteiger partial charge is 0.395 e. The molecule has 0 fully saturated rings. The van der Waals surface area contributed by atoms with Crippen molar-refractivity contribution in [2.24, 2.45) is 15.3 Å². The molecule has 0 saturated heterocycles. The molecule has 0 aromatic rings. The average molecular weight is 145 g/mol. The van der Waals surface area contributed by atoms with Gasteiger partial charge in [-0.3, -0.25) is 0 Å². The van der Waals surface area contributed by atoms with Crippen LogP contribution in [0.5, 0.6) is 0 Å². The van der Waals surface area contributed by atoms with E-state index in [9.17, 15) is 0 Å². The van der Waals surface area contributed by atoms with Crippen molar-refractivity contribution in [1.29, 1.82) is 0 Å². The lowest BCUT2D eigenvalue weighted by Crippen LogP contribution is -2.21. The van der Waals surface area contributed by atoms with Crippen molar-refractivity contribution in [2.75, 3.05) is 6.61 Å². The van der Waals surface area contributed by atoms with E-state index in [4.69, 9.17) is 5.73 Å². The summed E-state index contributed by atoms with van der Waals surface area (Å²) in [6, 6.07) is 0. The van der Waals surface area contributed by atoms with Gasteiger partial charge in [-0.2, -0.15) is 0 Å². The summed E-state index contributed by atoms with van der Waals surface area (Å²) in [5.74, 6) is 0.343. The number of hydrogen-bond donors (Lipinski definition) is 2. The minimum absolute atomic E-state index is 0.343. The molecule has 0 atom stereocenters. The van der Waals surface area contributed by atoms with Crippen molar-refractivity contribution in [3.05, 3.63) is 0 Å². The first-order valence-corrected chi connectivity index (χ1v) is 2.91. The van der Waals surface area contributed by atoms with Gasteiger partial charge in [0.25, 0.3) is 0 Å². The molecule has 2 N–H and O–H groups in total. The first kappa shape index (κ1) is 6.41. The second kappa shape index (κ2) is 2.72. The van der Waals surface area contributed by atoms with Crippen molar-refractivity contribution in [3.63, 3.8) is 0 Å². The summed E-state index contributed by atoms with van der Waals surface area (Å²) in [7, 11) is 0. The topological polar surface area (TPSA) is 60.0 Å². The molecule has 1 rings (SSSR count). The molecule has 4 nitrogen and oxygen atoms in total. The Morgan fingerprint density at radius 3 is 3.11 bits per heavy atom. The average Bonchev–Trinajstić information content (AvgIpc) is 2.37. The Labute approximate surface area is 58.3 Å². The van der Waals surface area contributed by atoms with Gasteiger partial charge >= 0.3 is 0 Å². The summed E-state index contributed by atoms with van der Waals surface area (Å²) in [6.45, 7) is 0.597. The van der Waals surface area contributed by atoms with E-state index >= 15 is 0 Å². The van der Waals surface area contributed by atoms with E-state index in [-0.39, 0.29) is 0 Å². The molecule has 1 heterocycles. The lowest BCUT2D eigenvalue weighted by atomic mass is 10.3. The van der Waals surface area contributed by atoms with Crippen molar-refractivity contribution in [3.8, 4) is 0 Å². The summed E-state index contributed by atoms with van der Waals surface area (Å²) < 4.78 is 3.45. The van der Waals surface area contributed by atoms with Crippen molar-refractivity contribution in [2.45, 2.75) is 6.42 Å². The highest BCUT2D eigenvalue weighted by Crippen LogP contribution is 1.99. The van der Waals surface area contributed by atoms with Gasteiger partial charge in [0, 0.05) is 6.42 Å². The third kappa shape index (κ3) is 1.35. The summed E-state index contributed by atoms with van der Waals surface area (Å²) in [5, 5.41) is 3.62. The van der Waals surface area contributed by atoms with Crippen LogP contribution in [0.4, 0.5) is 0 Å². The van der Waals surface area contributed by atoms with Crippen LogP contribution in [0.2, 0.25) is 0 Å². The minimum atomic E-state index is 0.343. The molecule has 5 heteroatoms. The predicted molar refractivity (Wildman–Crippen MR) is 38.6 cm³/mol. The van der Waals surface area contributed by atoms with E-state index in [0.29, 0.717) is 18.2 Å². The highest BCUT2D eigenvalue weighted by Gasteiger charge is 2.10. The van der Waals surface area contributed by atoms with Crippen LogP contribution in [-0.4, -0.2) is 18.2 Å². The van der Waals surface area contributed by atoms with Gasteiger partial charge in [0.1, 0.15) is 12.3 Å². The number of nitrogens with zero attached hydrogens (tertiary/aromatic N) is 2. The third-order valence-electron chi connectivity index (χ3n) is 1.01. The quantitative estimate of drug-likeness (QED) is 0.309. The molecule has 0 aliphatic carbocycles. The number of nitrogens with two attached hydrogens (primary N) is 1. The zero-order valence-corrected chi connectivity index (χ0v) is 5.64. The molecule has 0 amide bonds. The summed E-state index contributed by atoms with van der Waals surface area (Å²) in [6.07, 6.45) is 0.732. The fraction of sp³-hybridized carbons (Fsp3) is 0.500. The lowest BCUT2D eigenvalue weighted by Gasteiger charge is -1.90. The van der Waals surface area contributed by atoms with E-state index < -0.39 is 0 Å². The van der Waals surface area contributed by atoms with Gasteiger partial charge in [-0.1, -0.05) is 5.16 Å². The number of amidine groups is 1. The molecule has 0 unspecified atom stereocenters. The first-order valence-electron chi connectivity index (χ1n) is 2.51. The number of rotatable bonds is 1. The molecule has 50 valence electrons. The second-order valence-corrected chi connectivity index (χ2v) is 1.81. The molecule has 0 saturated carbocycles. The Kier molecular flexibility index (Phi) is 1.94.